The van der Waals surface area contributed by atoms with Crippen molar-refractivity contribution in [3.8, 4) is 22.8 Å². The minimum absolute atomic E-state index is 0.0671. The number of carbonyl (C=O) groups is 1. The standard InChI is InChI=1S/C29H34N4O3/c1-30-29(11-12-29)18-36-21-6-4-19(5-7-21)25-15-27(23-9-8-22(35-3)14-26(23)31-25)33-16-20-10-13-32(2)28(34)24(20)17-33/h4-9,14-15,20,24,30H,10-13,16-18H2,1-3H3. The Hall–Kier alpha value is -3.32. The quantitative estimate of drug-likeness (QED) is 0.546. The number of benzene rings is 2. The van der Waals surface area contributed by atoms with Crippen LogP contribution in [-0.2, 0) is 4.79 Å². The number of rotatable bonds is 7. The fourth-order valence-electron chi connectivity index (χ4n) is 5.68. The normalized spacial score (nSPS) is 22.6. The Morgan fingerprint density at radius 1 is 1.08 bits per heavy atom. The highest BCUT2D eigenvalue weighted by Crippen LogP contribution is 2.40. The summed E-state index contributed by atoms with van der Waals surface area (Å²) < 4.78 is 11.5. The van der Waals surface area contributed by atoms with E-state index in [-0.39, 0.29) is 17.4 Å². The van der Waals surface area contributed by atoms with Gasteiger partial charge in [0.1, 0.15) is 18.1 Å². The third-order valence-electron chi connectivity index (χ3n) is 8.35. The summed E-state index contributed by atoms with van der Waals surface area (Å²) in [5.74, 6) is 2.40. The number of anilines is 1. The number of nitrogens with one attached hydrogen (secondary N) is 1. The molecule has 3 fully saturated rings. The molecular weight excluding hydrogens is 452 g/mol. The van der Waals surface area contributed by atoms with Crippen LogP contribution in [-0.4, -0.2) is 68.8 Å². The first-order valence-electron chi connectivity index (χ1n) is 12.9. The zero-order chi connectivity index (χ0) is 24.9. The van der Waals surface area contributed by atoms with Gasteiger partial charge in [0.25, 0.3) is 0 Å². The molecule has 2 aromatic carbocycles. The highest BCUT2D eigenvalue weighted by molar-refractivity contribution is 5.95. The van der Waals surface area contributed by atoms with Gasteiger partial charge < -0.3 is 24.6 Å². The van der Waals surface area contributed by atoms with Crippen LogP contribution in [0.4, 0.5) is 5.69 Å². The second-order valence-corrected chi connectivity index (χ2v) is 10.6. The van der Waals surface area contributed by atoms with Crippen molar-refractivity contribution in [2.45, 2.75) is 24.8 Å². The SMILES string of the molecule is CNC1(COc2ccc(-c3cc(N4CC5CCN(C)C(=O)C5C4)c4ccc(OC)cc4n3)cc2)CC1. The molecule has 1 N–H and O–H groups in total. The molecule has 188 valence electrons. The number of ether oxygens (including phenoxy) is 2. The van der Waals surface area contributed by atoms with Crippen LogP contribution in [0.5, 0.6) is 11.5 Å². The van der Waals surface area contributed by atoms with Gasteiger partial charge in [-0.1, -0.05) is 0 Å². The molecule has 1 saturated carbocycles. The molecule has 7 heteroatoms. The van der Waals surface area contributed by atoms with Gasteiger partial charge >= 0.3 is 0 Å². The highest BCUT2D eigenvalue weighted by Gasteiger charge is 2.43. The average Bonchev–Trinajstić information content (AvgIpc) is 3.57. The third kappa shape index (κ3) is 4.15. The first-order chi connectivity index (χ1) is 17.5. The number of fused-ring (bicyclic) bond motifs is 2. The van der Waals surface area contributed by atoms with Gasteiger partial charge in [-0.25, -0.2) is 4.98 Å². The van der Waals surface area contributed by atoms with Crippen LogP contribution in [0, 0.1) is 11.8 Å². The minimum Gasteiger partial charge on any atom is -0.497 e. The Bertz CT molecular complexity index is 1290. The number of likely N-dealkylation sites (N-methyl/N-ethyl adjacent to an activating group) is 1. The van der Waals surface area contributed by atoms with Gasteiger partial charge in [-0.2, -0.15) is 0 Å². The number of likely N-dealkylation sites (tertiary alicyclic amines) is 1. The Labute approximate surface area is 212 Å². The van der Waals surface area contributed by atoms with Crippen LogP contribution in [0.1, 0.15) is 19.3 Å². The maximum absolute atomic E-state index is 12.8. The molecule has 3 aromatic rings. The van der Waals surface area contributed by atoms with E-state index in [1.807, 2.05) is 43.3 Å². The summed E-state index contributed by atoms with van der Waals surface area (Å²) in [7, 11) is 5.60. The molecule has 0 bridgehead atoms. The molecule has 2 unspecified atom stereocenters. The second-order valence-electron chi connectivity index (χ2n) is 10.6. The number of piperidine rings is 1. The number of aromatic nitrogens is 1. The van der Waals surface area contributed by atoms with Crippen molar-refractivity contribution in [1.82, 2.24) is 15.2 Å². The van der Waals surface area contributed by atoms with Crippen LogP contribution in [0.2, 0.25) is 0 Å². The van der Waals surface area contributed by atoms with Crippen molar-refractivity contribution in [2.75, 3.05) is 52.3 Å². The fraction of sp³-hybridized carbons (Fsp3) is 0.448. The Balaban J connectivity index is 1.32. The summed E-state index contributed by atoms with van der Waals surface area (Å²) in [6.07, 6.45) is 3.38. The first kappa shape index (κ1) is 23.1. The van der Waals surface area contributed by atoms with Crippen molar-refractivity contribution >= 4 is 22.5 Å². The van der Waals surface area contributed by atoms with Crippen molar-refractivity contribution < 1.29 is 14.3 Å². The van der Waals surface area contributed by atoms with E-state index in [1.54, 1.807) is 7.11 Å². The maximum Gasteiger partial charge on any atom is 0.227 e. The van der Waals surface area contributed by atoms with Crippen LogP contribution in [0.15, 0.2) is 48.5 Å². The molecule has 3 aliphatic rings. The van der Waals surface area contributed by atoms with Gasteiger partial charge in [0.15, 0.2) is 0 Å². The number of methoxy groups -OCH3 is 1. The fourth-order valence-corrected chi connectivity index (χ4v) is 5.68. The summed E-state index contributed by atoms with van der Waals surface area (Å²) in [5.41, 5.74) is 4.12. The monoisotopic (exact) mass is 486 g/mol. The zero-order valence-electron chi connectivity index (χ0n) is 21.3. The van der Waals surface area contributed by atoms with E-state index >= 15 is 0 Å². The second kappa shape index (κ2) is 8.96. The summed E-state index contributed by atoms with van der Waals surface area (Å²) in [6.45, 7) is 3.18. The predicted octanol–water partition coefficient (Wildman–Crippen LogP) is 3.96. The number of nitrogens with zero attached hydrogens (tertiary/aromatic N) is 3. The molecule has 2 saturated heterocycles. The van der Waals surface area contributed by atoms with E-state index in [4.69, 9.17) is 14.5 Å². The van der Waals surface area contributed by atoms with E-state index in [2.05, 4.69) is 34.5 Å². The number of hydrogen-bond acceptors (Lipinski definition) is 6. The van der Waals surface area contributed by atoms with Crippen molar-refractivity contribution in [2.24, 2.45) is 11.8 Å². The highest BCUT2D eigenvalue weighted by atomic mass is 16.5. The Morgan fingerprint density at radius 3 is 2.58 bits per heavy atom. The molecule has 3 heterocycles. The van der Waals surface area contributed by atoms with Gasteiger partial charge in [-0.05, 0) is 74.7 Å². The van der Waals surface area contributed by atoms with E-state index < -0.39 is 0 Å². The Morgan fingerprint density at radius 2 is 1.86 bits per heavy atom. The first-order valence-corrected chi connectivity index (χ1v) is 12.9. The third-order valence-corrected chi connectivity index (χ3v) is 8.35. The van der Waals surface area contributed by atoms with Crippen molar-refractivity contribution in [3.63, 3.8) is 0 Å². The number of carbonyl (C=O) groups excluding carboxylic acids is 1. The smallest absolute Gasteiger partial charge is 0.227 e. The molecule has 1 amide bonds. The van der Waals surface area contributed by atoms with E-state index in [1.165, 1.54) is 0 Å². The maximum atomic E-state index is 12.8. The topological polar surface area (TPSA) is 66.9 Å². The lowest BCUT2D eigenvalue weighted by atomic mass is 9.88. The van der Waals surface area contributed by atoms with Crippen molar-refractivity contribution in [3.05, 3.63) is 48.5 Å². The molecule has 1 aliphatic carbocycles. The lowest BCUT2D eigenvalue weighted by Crippen LogP contribution is -2.42. The van der Waals surface area contributed by atoms with Gasteiger partial charge in [-0.15, -0.1) is 0 Å². The Kier molecular flexibility index (Phi) is 5.75. The molecule has 36 heavy (non-hydrogen) atoms. The van der Waals surface area contributed by atoms with Gasteiger partial charge in [0, 0.05) is 49.4 Å². The molecular formula is C29H34N4O3. The molecule has 7 nitrogen and oxygen atoms in total. The van der Waals surface area contributed by atoms with Crippen LogP contribution >= 0.6 is 0 Å². The molecule has 6 rings (SSSR count). The average molecular weight is 487 g/mol. The lowest BCUT2D eigenvalue weighted by Gasteiger charge is -2.30. The van der Waals surface area contributed by atoms with Gasteiger partial charge in [-0.3, -0.25) is 4.79 Å². The summed E-state index contributed by atoms with van der Waals surface area (Å²) in [4.78, 5) is 22.1. The predicted molar refractivity (Wildman–Crippen MR) is 142 cm³/mol. The summed E-state index contributed by atoms with van der Waals surface area (Å²) in [5, 5.41) is 4.45. The molecule has 0 spiro atoms. The number of pyridine rings is 1. The van der Waals surface area contributed by atoms with Gasteiger partial charge in [0.2, 0.25) is 5.91 Å². The molecule has 2 atom stereocenters. The minimum atomic E-state index is 0.0671. The molecule has 1 aromatic heterocycles. The number of amides is 1. The van der Waals surface area contributed by atoms with E-state index in [9.17, 15) is 4.79 Å². The van der Waals surface area contributed by atoms with Gasteiger partial charge in [0.05, 0.1) is 29.8 Å². The molecule has 2 aliphatic heterocycles. The molecule has 0 radical (unpaired) electrons. The summed E-state index contributed by atoms with van der Waals surface area (Å²) >= 11 is 0. The van der Waals surface area contributed by atoms with E-state index in [0.717, 1.165) is 78.2 Å². The summed E-state index contributed by atoms with van der Waals surface area (Å²) in [6, 6.07) is 16.4. The van der Waals surface area contributed by atoms with Crippen LogP contribution in [0.25, 0.3) is 22.2 Å². The van der Waals surface area contributed by atoms with Crippen LogP contribution in [0.3, 0.4) is 0 Å². The zero-order valence-corrected chi connectivity index (χ0v) is 21.3. The number of hydrogen-bond donors (Lipinski definition) is 1. The lowest BCUT2D eigenvalue weighted by molar-refractivity contribution is -0.137. The largest absolute Gasteiger partial charge is 0.497 e. The van der Waals surface area contributed by atoms with E-state index in [0.29, 0.717) is 12.5 Å². The van der Waals surface area contributed by atoms with Crippen molar-refractivity contribution in [1.29, 1.82) is 0 Å². The van der Waals surface area contributed by atoms with Crippen LogP contribution < -0.4 is 19.7 Å².